The van der Waals surface area contributed by atoms with Gasteiger partial charge in [0.2, 0.25) is 0 Å². The van der Waals surface area contributed by atoms with Crippen molar-refractivity contribution in [3.63, 3.8) is 0 Å². The van der Waals surface area contributed by atoms with Crippen LogP contribution in [0.1, 0.15) is 39.5 Å². The van der Waals surface area contributed by atoms with E-state index in [1.54, 1.807) is 0 Å². The number of hydrogen-bond donors (Lipinski definition) is 1. The molecule has 2 unspecified atom stereocenters. The Morgan fingerprint density at radius 1 is 1.41 bits per heavy atom. The normalized spacial score (nSPS) is 25.8. The van der Waals surface area contributed by atoms with Crippen molar-refractivity contribution in [2.45, 2.75) is 45.6 Å². The molecule has 4 heteroatoms. The van der Waals surface area contributed by atoms with Crippen molar-refractivity contribution < 1.29 is 9.53 Å². The first-order valence-electron chi connectivity index (χ1n) is 6.79. The summed E-state index contributed by atoms with van der Waals surface area (Å²) in [5, 5.41) is 0. The summed E-state index contributed by atoms with van der Waals surface area (Å²) in [6.07, 6.45) is 4.80. The molecule has 1 aliphatic heterocycles. The number of piperidine rings is 1. The Morgan fingerprint density at radius 2 is 2.18 bits per heavy atom. The Kier molecular flexibility index (Phi) is 6.52. The Labute approximate surface area is 104 Å². The van der Waals surface area contributed by atoms with Crippen molar-refractivity contribution in [3.05, 3.63) is 0 Å². The van der Waals surface area contributed by atoms with Crippen molar-refractivity contribution in [2.75, 3.05) is 26.2 Å². The Bertz CT molecular complexity index is 233. The first kappa shape index (κ1) is 14.5. The number of hydrogen-bond acceptors (Lipinski definition) is 4. The minimum atomic E-state index is -0.129. The maximum atomic E-state index is 11.4. The molecule has 1 heterocycles. The lowest BCUT2D eigenvalue weighted by Crippen LogP contribution is -2.48. The fraction of sp³-hybridized carbons (Fsp3) is 0.923. The van der Waals surface area contributed by atoms with Crippen molar-refractivity contribution in [1.29, 1.82) is 0 Å². The first-order valence-corrected chi connectivity index (χ1v) is 6.79. The van der Waals surface area contributed by atoms with Gasteiger partial charge in [-0.05, 0) is 25.7 Å². The van der Waals surface area contributed by atoms with Gasteiger partial charge in [0.25, 0.3) is 0 Å². The standard InChI is InChI=1S/C13H26N2O2/c1-3-5-6-11-7-12(14)9-15(8-11)10-13(16)17-4-2/h11-12H,3-10,14H2,1-2H3. The van der Waals surface area contributed by atoms with Gasteiger partial charge in [0.15, 0.2) is 0 Å². The Balaban J connectivity index is 2.36. The zero-order chi connectivity index (χ0) is 12.7. The molecule has 100 valence electrons. The summed E-state index contributed by atoms with van der Waals surface area (Å²) >= 11 is 0. The smallest absolute Gasteiger partial charge is 0.320 e. The van der Waals surface area contributed by atoms with Crippen LogP contribution >= 0.6 is 0 Å². The monoisotopic (exact) mass is 242 g/mol. The summed E-state index contributed by atoms with van der Waals surface area (Å²) in [4.78, 5) is 13.6. The quantitative estimate of drug-likeness (QED) is 0.715. The largest absolute Gasteiger partial charge is 0.465 e. The lowest BCUT2D eigenvalue weighted by molar-refractivity contribution is -0.144. The van der Waals surface area contributed by atoms with Crippen LogP contribution in [-0.4, -0.2) is 43.2 Å². The summed E-state index contributed by atoms with van der Waals surface area (Å²) in [6.45, 7) is 6.71. The van der Waals surface area contributed by atoms with Crippen LogP contribution in [0.5, 0.6) is 0 Å². The zero-order valence-electron chi connectivity index (χ0n) is 11.2. The summed E-state index contributed by atoms with van der Waals surface area (Å²) in [7, 11) is 0. The van der Waals surface area contributed by atoms with Crippen LogP contribution in [-0.2, 0) is 9.53 Å². The highest BCUT2D eigenvalue weighted by molar-refractivity contribution is 5.71. The molecule has 1 aliphatic rings. The van der Waals surface area contributed by atoms with Gasteiger partial charge < -0.3 is 10.5 Å². The summed E-state index contributed by atoms with van der Waals surface area (Å²) in [5.74, 6) is 0.518. The number of carbonyl (C=O) groups excluding carboxylic acids is 1. The molecular formula is C13H26N2O2. The van der Waals surface area contributed by atoms with Gasteiger partial charge in [-0.3, -0.25) is 9.69 Å². The van der Waals surface area contributed by atoms with Crippen molar-refractivity contribution in [1.82, 2.24) is 4.90 Å². The molecule has 4 nitrogen and oxygen atoms in total. The van der Waals surface area contributed by atoms with Crippen molar-refractivity contribution in [2.24, 2.45) is 11.7 Å². The lowest BCUT2D eigenvalue weighted by atomic mass is 9.90. The molecule has 1 saturated heterocycles. The average molecular weight is 242 g/mol. The molecular weight excluding hydrogens is 216 g/mol. The van der Waals surface area contributed by atoms with Crippen LogP contribution in [0.3, 0.4) is 0 Å². The van der Waals surface area contributed by atoms with E-state index in [2.05, 4.69) is 11.8 Å². The maximum absolute atomic E-state index is 11.4. The summed E-state index contributed by atoms with van der Waals surface area (Å²) in [5.41, 5.74) is 6.04. The molecule has 0 aliphatic carbocycles. The van der Waals surface area contributed by atoms with E-state index in [1.807, 2.05) is 6.92 Å². The Morgan fingerprint density at radius 3 is 2.82 bits per heavy atom. The third-order valence-electron chi connectivity index (χ3n) is 3.27. The van der Waals surface area contributed by atoms with Crippen LogP contribution in [0.4, 0.5) is 0 Å². The number of esters is 1. The minimum absolute atomic E-state index is 0.129. The van der Waals surface area contributed by atoms with Crippen LogP contribution in [0.2, 0.25) is 0 Å². The highest BCUT2D eigenvalue weighted by atomic mass is 16.5. The number of carbonyl (C=O) groups is 1. The van der Waals surface area contributed by atoms with Gasteiger partial charge in [-0.1, -0.05) is 19.8 Å². The second-order valence-corrected chi connectivity index (χ2v) is 5.00. The highest BCUT2D eigenvalue weighted by Gasteiger charge is 2.26. The maximum Gasteiger partial charge on any atom is 0.320 e. The molecule has 1 fully saturated rings. The van der Waals surface area contributed by atoms with Crippen molar-refractivity contribution in [3.8, 4) is 0 Å². The van der Waals surface area contributed by atoms with Gasteiger partial charge in [0.1, 0.15) is 0 Å². The van der Waals surface area contributed by atoms with E-state index in [9.17, 15) is 4.79 Å². The fourth-order valence-corrected chi connectivity index (χ4v) is 2.57. The minimum Gasteiger partial charge on any atom is -0.465 e. The van der Waals surface area contributed by atoms with Gasteiger partial charge in [-0.2, -0.15) is 0 Å². The first-order chi connectivity index (χ1) is 8.15. The third-order valence-corrected chi connectivity index (χ3v) is 3.27. The number of nitrogens with two attached hydrogens (primary N) is 1. The third kappa shape index (κ3) is 5.50. The molecule has 2 atom stereocenters. The second-order valence-electron chi connectivity index (χ2n) is 5.00. The molecule has 0 saturated carbocycles. The molecule has 1 rings (SSSR count). The number of ether oxygens (including phenoxy) is 1. The van der Waals surface area contributed by atoms with E-state index in [-0.39, 0.29) is 12.0 Å². The molecule has 0 bridgehead atoms. The summed E-state index contributed by atoms with van der Waals surface area (Å²) < 4.78 is 4.97. The van der Waals surface area contributed by atoms with E-state index in [0.29, 0.717) is 19.1 Å². The topological polar surface area (TPSA) is 55.6 Å². The molecule has 17 heavy (non-hydrogen) atoms. The van der Waals surface area contributed by atoms with E-state index in [1.165, 1.54) is 19.3 Å². The van der Waals surface area contributed by atoms with Gasteiger partial charge in [-0.15, -0.1) is 0 Å². The average Bonchev–Trinajstić information content (AvgIpc) is 2.25. The second kappa shape index (κ2) is 7.67. The molecule has 0 aromatic heterocycles. The molecule has 0 spiro atoms. The van der Waals surface area contributed by atoms with Crippen LogP contribution in [0.15, 0.2) is 0 Å². The molecule has 0 radical (unpaired) electrons. The van der Waals surface area contributed by atoms with E-state index >= 15 is 0 Å². The van der Waals surface area contributed by atoms with Gasteiger partial charge in [0, 0.05) is 19.1 Å². The van der Waals surface area contributed by atoms with Crippen LogP contribution in [0.25, 0.3) is 0 Å². The molecule has 0 amide bonds. The molecule has 2 N–H and O–H groups in total. The predicted molar refractivity (Wildman–Crippen MR) is 68.7 cm³/mol. The van der Waals surface area contributed by atoms with Gasteiger partial charge in [0.05, 0.1) is 13.2 Å². The number of unbranched alkanes of at least 4 members (excludes halogenated alkanes) is 1. The van der Waals surface area contributed by atoms with E-state index in [0.717, 1.165) is 19.5 Å². The van der Waals surface area contributed by atoms with Crippen LogP contribution in [0, 0.1) is 5.92 Å². The molecule has 0 aromatic carbocycles. The lowest BCUT2D eigenvalue weighted by Gasteiger charge is -2.35. The Hall–Kier alpha value is -0.610. The highest BCUT2D eigenvalue weighted by Crippen LogP contribution is 2.21. The fourth-order valence-electron chi connectivity index (χ4n) is 2.57. The SMILES string of the molecule is CCCCC1CC(N)CN(CC(=O)OCC)C1. The van der Waals surface area contributed by atoms with Gasteiger partial charge in [-0.25, -0.2) is 0 Å². The number of likely N-dealkylation sites (tertiary alicyclic amines) is 1. The zero-order valence-corrected chi connectivity index (χ0v) is 11.2. The number of rotatable bonds is 6. The summed E-state index contributed by atoms with van der Waals surface area (Å²) in [6, 6.07) is 0.208. The van der Waals surface area contributed by atoms with Crippen LogP contribution < -0.4 is 5.73 Å². The van der Waals surface area contributed by atoms with E-state index < -0.39 is 0 Å². The van der Waals surface area contributed by atoms with Crippen molar-refractivity contribution >= 4 is 5.97 Å². The van der Waals surface area contributed by atoms with Gasteiger partial charge >= 0.3 is 5.97 Å². The van der Waals surface area contributed by atoms with E-state index in [4.69, 9.17) is 10.5 Å². The molecule has 0 aromatic rings. The number of nitrogens with zero attached hydrogens (tertiary/aromatic N) is 1. The predicted octanol–water partition coefficient (Wildman–Crippen LogP) is 1.39.